The second-order valence-corrected chi connectivity index (χ2v) is 5.53. The van der Waals surface area contributed by atoms with Crippen molar-refractivity contribution in [2.45, 2.75) is 6.17 Å². The van der Waals surface area contributed by atoms with Crippen molar-refractivity contribution in [3.63, 3.8) is 0 Å². The highest BCUT2D eigenvalue weighted by Gasteiger charge is 2.37. The topological polar surface area (TPSA) is 45.2 Å². The molecule has 1 aliphatic rings. The molecular formula is C19H14FN3O. The standard InChI is InChI=1S/C19H14FN3O/c20-13-7-9-14(10-8-13)22-18-16-5-1-2-6-17(16)19(24)23(18)15-4-3-11-21-12-15/h1-12,18,22H. The molecule has 1 N–H and O–H groups in total. The Bertz CT molecular complexity index is 881. The average Bonchev–Trinajstić information content (AvgIpc) is 2.90. The van der Waals surface area contributed by atoms with Gasteiger partial charge in [0.15, 0.2) is 0 Å². The Labute approximate surface area is 138 Å². The van der Waals surface area contributed by atoms with E-state index in [0.29, 0.717) is 11.3 Å². The SMILES string of the molecule is O=C1c2ccccc2C(Nc2ccc(F)cc2)N1c1cccnc1. The van der Waals surface area contributed by atoms with Crippen LogP contribution in [0, 0.1) is 5.82 Å². The molecule has 0 fully saturated rings. The molecule has 1 aromatic heterocycles. The normalized spacial score (nSPS) is 16.1. The van der Waals surface area contributed by atoms with E-state index in [1.807, 2.05) is 30.3 Å². The number of aromatic nitrogens is 1. The highest BCUT2D eigenvalue weighted by Crippen LogP contribution is 2.37. The molecule has 5 heteroatoms. The van der Waals surface area contributed by atoms with Crippen molar-refractivity contribution in [3.05, 3.63) is 90.0 Å². The van der Waals surface area contributed by atoms with Gasteiger partial charge in [-0.25, -0.2) is 4.39 Å². The van der Waals surface area contributed by atoms with Gasteiger partial charge < -0.3 is 5.32 Å². The van der Waals surface area contributed by atoms with E-state index in [0.717, 1.165) is 11.3 Å². The van der Waals surface area contributed by atoms with E-state index < -0.39 is 0 Å². The number of hydrogen-bond donors (Lipinski definition) is 1. The number of benzene rings is 2. The molecular weight excluding hydrogens is 305 g/mol. The van der Waals surface area contributed by atoms with Gasteiger partial charge in [0.05, 0.1) is 11.9 Å². The number of anilines is 2. The number of carbonyl (C=O) groups is 1. The number of fused-ring (bicyclic) bond motifs is 1. The van der Waals surface area contributed by atoms with Crippen LogP contribution in [0.15, 0.2) is 73.1 Å². The van der Waals surface area contributed by atoms with Crippen LogP contribution in [0.2, 0.25) is 0 Å². The summed E-state index contributed by atoms with van der Waals surface area (Å²) in [7, 11) is 0. The van der Waals surface area contributed by atoms with E-state index in [2.05, 4.69) is 10.3 Å². The number of nitrogens with zero attached hydrogens (tertiary/aromatic N) is 2. The van der Waals surface area contributed by atoms with Gasteiger partial charge in [-0.05, 0) is 42.5 Å². The zero-order valence-corrected chi connectivity index (χ0v) is 12.7. The second-order valence-electron chi connectivity index (χ2n) is 5.53. The first-order chi connectivity index (χ1) is 11.7. The average molecular weight is 319 g/mol. The molecule has 0 aliphatic carbocycles. The third-order valence-electron chi connectivity index (χ3n) is 4.03. The highest BCUT2D eigenvalue weighted by atomic mass is 19.1. The van der Waals surface area contributed by atoms with Crippen LogP contribution in [0.1, 0.15) is 22.1 Å². The molecule has 1 atom stereocenters. The van der Waals surface area contributed by atoms with Crippen LogP contribution in [0.3, 0.4) is 0 Å². The van der Waals surface area contributed by atoms with Gasteiger partial charge in [-0.15, -0.1) is 0 Å². The minimum Gasteiger partial charge on any atom is -0.361 e. The first-order valence-electron chi connectivity index (χ1n) is 7.59. The van der Waals surface area contributed by atoms with E-state index in [1.54, 1.807) is 35.5 Å². The predicted molar refractivity (Wildman–Crippen MR) is 90.3 cm³/mol. The molecule has 1 unspecified atom stereocenters. The molecule has 0 bridgehead atoms. The van der Waals surface area contributed by atoms with E-state index in [4.69, 9.17) is 0 Å². The fourth-order valence-electron chi connectivity index (χ4n) is 2.93. The quantitative estimate of drug-likeness (QED) is 0.794. The zero-order valence-electron chi connectivity index (χ0n) is 12.7. The summed E-state index contributed by atoms with van der Waals surface area (Å²) in [6, 6.07) is 17.2. The van der Waals surface area contributed by atoms with Gasteiger partial charge in [-0.1, -0.05) is 18.2 Å². The van der Waals surface area contributed by atoms with Crippen molar-refractivity contribution >= 4 is 17.3 Å². The monoisotopic (exact) mass is 319 g/mol. The maximum absolute atomic E-state index is 13.1. The summed E-state index contributed by atoms with van der Waals surface area (Å²) in [5.41, 5.74) is 2.98. The predicted octanol–water partition coefficient (Wildman–Crippen LogP) is 3.99. The molecule has 0 saturated heterocycles. The number of amides is 1. The van der Waals surface area contributed by atoms with Gasteiger partial charge in [-0.3, -0.25) is 14.7 Å². The Morgan fingerprint density at radius 2 is 1.79 bits per heavy atom. The Balaban J connectivity index is 1.77. The fourth-order valence-corrected chi connectivity index (χ4v) is 2.93. The lowest BCUT2D eigenvalue weighted by atomic mass is 10.1. The summed E-state index contributed by atoms with van der Waals surface area (Å²) in [6.45, 7) is 0. The molecule has 0 saturated carbocycles. The van der Waals surface area contributed by atoms with Gasteiger partial charge >= 0.3 is 0 Å². The largest absolute Gasteiger partial charge is 0.361 e. The lowest BCUT2D eigenvalue weighted by Crippen LogP contribution is -2.32. The number of nitrogens with one attached hydrogen (secondary N) is 1. The number of carbonyl (C=O) groups excluding carboxylic acids is 1. The second kappa shape index (κ2) is 5.77. The number of hydrogen-bond acceptors (Lipinski definition) is 3. The first kappa shape index (κ1) is 14.4. The Morgan fingerprint density at radius 3 is 2.54 bits per heavy atom. The molecule has 24 heavy (non-hydrogen) atoms. The van der Waals surface area contributed by atoms with Crippen LogP contribution in [0.25, 0.3) is 0 Å². The third-order valence-corrected chi connectivity index (χ3v) is 4.03. The van der Waals surface area contributed by atoms with Crippen LogP contribution < -0.4 is 10.2 Å². The third kappa shape index (κ3) is 2.40. The molecule has 1 aliphatic heterocycles. The molecule has 4 nitrogen and oxygen atoms in total. The van der Waals surface area contributed by atoms with Crippen LogP contribution in [-0.2, 0) is 0 Å². The highest BCUT2D eigenvalue weighted by molar-refractivity contribution is 6.11. The summed E-state index contributed by atoms with van der Waals surface area (Å²) < 4.78 is 13.1. The summed E-state index contributed by atoms with van der Waals surface area (Å²) in [6.07, 6.45) is 2.95. The van der Waals surface area contributed by atoms with E-state index in [1.165, 1.54) is 12.1 Å². The Hall–Kier alpha value is -3.21. The molecule has 3 aromatic rings. The van der Waals surface area contributed by atoms with E-state index in [-0.39, 0.29) is 17.9 Å². The fraction of sp³-hybridized carbons (Fsp3) is 0.0526. The summed E-state index contributed by atoms with van der Waals surface area (Å²) in [4.78, 5) is 18.6. The Kier molecular flexibility index (Phi) is 3.46. The molecule has 2 aromatic carbocycles. The molecule has 0 spiro atoms. The van der Waals surface area contributed by atoms with E-state index in [9.17, 15) is 9.18 Å². The minimum absolute atomic E-state index is 0.0850. The van der Waals surface area contributed by atoms with E-state index >= 15 is 0 Å². The van der Waals surface area contributed by atoms with Crippen LogP contribution in [0.4, 0.5) is 15.8 Å². The summed E-state index contributed by atoms with van der Waals surface area (Å²) >= 11 is 0. The van der Waals surface area contributed by atoms with Gasteiger partial charge in [0, 0.05) is 23.0 Å². The van der Waals surface area contributed by atoms with Crippen LogP contribution >= 0.6 is 0 Å². The van der Waals surface area contributed by atoms with Gasteiger partial charge in [0.2, 0.25) is 0 Å². The molecule has 1 amide bonds. The molecule has 4 rings (SSSR count). The van der Waals surface area contributed by atoms with Crippen molar-refractivity contribution in [1.29, 1.82) is 0 Å². The zero-order chi connectivity index (χ0) is 16.5. The lowest BCUT2D eigenvalue weighted by Gasteiger charge is -2.26. The number of rotatable bonds is 3. The van der Waals surface area contributed by atoms with Gasteiger partial charge in [-0.2, -0.15) is 0 Å². The maximum Gasteiger partial charge on any atom is 0.260 e. The van der Waals surface area contributed by atoms with Crippen molar-refractivity contribution in [1.82, 2.24) is 4.98 Å². The summed E-state index contributed by atoms with van der Waals surface area (Å²) in [5.74, 6) is -0.384. The number of pyridine rings is 1. The van der Waals surface area contributed by atoms with Crippen molar-refractivity contribution < 1.29 is 9.18 Å². The smallest absolute Gasteiger partial charge is 0.260 e. The Morgan fingerprint density at radius 1 is 1.00 bits per heavy atom. The lowest BCUT2D eigenvalue weighted by molar-refractivity contribution is 0.0993. The van der Waals surface area contributed by atoms with Gasteiger partial charge in [0.1, 0.15) is 12.0 Å². The molecule has 0 radical (unpaired) electrons. The van der Waals surface area contributed by atoms with Gasteiger partial charge in [0.25, 0.3) is 5.91 Å². The van der Waals surface area contributed by atoms with Crippen molar-refractivity contribution in [2.75, 3.05) is 10.2 Å². The molecule has 118 valence electrons. The maximum atomic E-state index is 13.1. The number of halogens is 1. The van der Waals surface area contributed by atoms with Crippen molar-refractivity contribution in [2.24, 2.45) is 0 Å². The van der Waals surface area contributed by atoms with Crippen LogP contribution in [-0.4, -0.2) is 10.9 Å². The first-order valence-corrected chi connectivity index (χ1v) is 7.59. The summed E-state index contributed by atoms with van der Waals surface area (Å²) in [5, 5.41) is 3.31. The van der Waals surface area contributed by atoms with Crippen molar-refractivity contribution in [3.8, 4) is 0 Å². The minimum atomic E-state index is -0.372. The molecule has 2 heterocycles. The van der Waals surface area contributed by atoms with Crippen LogP contribution in [0.5, 0.6) is 0 Å².